The number of nitrogens with two attached hydrogens (primary N) is 1. The maximum Gasteiger partial charge on any atom is 0.259 e. The second-order valence-corrected chi connectivity index (χ2v) is 7.25. The van der Waals surface area contributed by atoms with Crippen molar-refractivity contribution in [2.75, 3.05) is 12.3 Å². The zero-order valence-corrected chi connectivity index (χ0v) is 14.4. The van der Waals surface area contributed by atoms with E-state index in [1.165, 1.54) is 12.1 Å². The highest BCUT2D eigenvalue weighted by Crippen LogP contribution is 2.40. The van der Waals surface area contributed by atoms with Gasteiger partial charge in [0.2, 0.25) is 5.95 Å². The molecule has 1 fully saturated rings. The van der Waals surface area contributed by atoms with Crippen molar-refractivity contribution in [3.63, 3.8) is 0 Å². The summed E-state index contributed by atoms with van der Waals surface area (Å²) >= 11 is 0. The average Bonchev–Trinajstić information content (AvgIpc) is 2.52. The predicted molar refractivity (Wildman–Crippen MR) is 97.4 cm³/mol. The first-order valence-electron chi connectivity index (χ1n) is 8.88. The lowest BCUT2D eigenvalue weighted by molar-refractivity contribution is 0.233. The molecule has 1 aromatic heterocycles. The Morgan fingerprint density at radius 2 is 2.00 bits per heavy atom. The van der Waals surface area contributed by atoms with Gasteiger partial charge in [-0.15, -0.1) is 0 Å². The van der Waals surface area contributed by atoms with Crippen molar-refractivity contribution in [1.29, 1.82) is 0 Å². The van der Waals surface area contributed by atoms with Crippen LogP contribution in [0, 0.1) is 11.7 Å². The first kappa shape index (κ1) is 16.3. The molecule has 0 radical (unpaired) electrons. The third-order valence-corrected chi connectivity index (χ3v) is 5.57. The molecule has 0 bridgehead atoms. The van der Waals surface area contributed by atoms with Crippen molar-refractivity contribution in [2.45, 2.75) is 38.3 Å². The number of benzene rings is 1. The molecule has 25 heavy (non-hydrogen) atoms. The third-order valence-electron chi connectivity index (χ3n) is 5.57. The summed E-state index contributed by atoms with van der Waals surface area (Å²) < 4.78 is 15.0. The molecule has 4 rings (SSSR count). The Kier molecular flexibility index (Phi) is 4.11. The summed E-state index contributed by atoms with van der Waals surface area (Å²) in [4.78, 5) is 19.9. The molecule has 1 aliphatic carbocycles. The Labute approximate surface area is 147 Å². The molecule has 1 aliphatic heterocycles. The van der Waals surface area contributed by atoms with Gasteiger partial charge in [0.05, 0.1) is 11.7 Å². The van der Waals surface area contributed by atoms with Crippen LogP contribution in [0.4, 0.5) is 10.3 Å². The van der Waals surface area contributed by atoms with Crippen LogP contribution in [0.3, 0.4) is 0 Å². The molecule has 130 valence electrons. The number of hydrogen-bond acceptors (Lipinski definition) is 4. The molecule has 2 heterocycles. The lowest BCUT2D eigenvalue weighted by Crippen LogP contribution is -2.41. The quantitative estimate of drug-likeness (QED) is 0.855. The minimum atomic E-state index is -0.275. The highest BCUT2D eigenvalue weighted by atomic mass is 19.1. The number of nitrogen functional groups attached to an aromatic ring is 1. The minimum absolute atomic E-state index is 0.0307. The molecular weight excluding hydrogens is 318 g/mol. The van der Waals surface area contributed by atoms with E-state index in [1.54, 1.807) is 16.7 Å². The first-order valence-corrected chi connectivity index (χ1v) is 8.88. The molecule has 0 spiro atoms. The van der Waals surface area contributed by atoms with Gasteiger partial charge in [-0.1, -0.05) is 18.6 Å². The summed E-state index contributed by atoms with van der Waals surface area (Å²) in [5, 5.41) is 0. The molecular formula is C18H22BFN4O. The van der Waals surface area contributed by atoms with Gasteiger partial charge in [0, 0.05) is 12.1 Å². The van der Waals surface area contributed by atoms with Crippen LogP contribution in [0.15, 0.2) is 29.1 Å². The molecule has 0 amide bonds. The predicted octanol–water partition coefficient (Wildman–Crippen LogP) is 1.26. The van der Waals surface area contributed by atoms with Crippen LogP contribution >= 0.6 is 0 Å². The number of halogens is 1. The lowest BCUT2D eigenvalue weighted by atomic mass is 9.77. The van der Waals surface area contributed by atoms with Crippen LogP contribution < -0.4 is 11.3 Å². The molecule has 7 heteroatoms. The molecule has 1 saturated carbocycles. The number of aromatic nitrogens is 2. The van der Waals surface area contributed by atoms with E-state index in [-0.39, 0.29) is 23.4 Å². The third kappa shape index (κ3) is 2.86. The van der Waals surface area contributed by atoms with E-state index >= 15 is 0 Å². The topological polar surface area (TPSA) is 64.2 Å². The van der Waals surface area contributed by atoms with Crippen LogP contribution in [0.2, 0.25) is 0 Å². The number of rotatable bonds is 3. The van der Waals surface area contributed by atoms with Crippen molar-refractivity contribution in [1.82, 2.24) is 14.4 Å². The van der Waals surface area contributed by atoms with Crippen molar-refractivity contribution in [3.8, 4) is 0 Å². The fourth-order valence-electron chi connectivity index (χ4n) is 3.97. The van der Waals surface area contributed by atoms with E-state index in [9.17, 15) is 9.18 Å². The molecule has 1 atom stereocenters. The number of anilines is 1. The smallest absolute Gasteiger partial charge is 0.259 e. The van der Waals surface area contributed by atoms with E-state index in [0.717, 1.165) is 42.6 Å². The number of fused-ring (bicyclic) bond motifs is 1. The Balaban J connectivity index is 1.85. The van der Waals surface area contributed by atoms with Gasteiger partial charge in [-0.2, -0.15) is 0 Å². The van der Waals surface area contributed by atoms with Crippen molar-refractivity contribution in [3.05, 3.63) is 57.3 Å². The van der Waals surface area contributed by atoms with Gasteiger partial charge < -0.3 is 10.5 Å². The Morgan fingerprint density at radius 3 is 2.64 bits per heavy atom. The summed E-state index contributed by atoms with van der Waals surface area (Å²) in [5.41, 5.74) is 8.70. The molecule has 2 aliphatic rings. The Morgan fingerprint density at radius 1 is 1.28 bits per heavy atom. The standard InChI is InChI=1S/C18H22BFN4O/c19-23-9-8-14-15(10-23)22-18(21)24(17(14)25)16(11-2-1-3-11)12-4-6-13(20)7-5-12/h4-7,11,16H,1-3,8-10,19H2,(H2,21,22). The summed E-state index contributed by atoms with van der Waals surface area (Å²) in [5.74, 6) is 0.333. The second kappa shape index (κ2) is 6.30. The summed E-state index contributed by atoms with van der Waals surface area (Å²) in [6.45, 7) is 1.50. The van der Waals surface area contributed by atoms with Crippen LogP contribution in [-0.4, -0.2) is 28.9 Å². The summed E-state index contributed by atoms with van der Waals surface area (Å²) in [7, 11) is 2.02. The van der Waals surface area contributed by atoms with Gasteiger partial charge in [0.1, 0.15) is 5.82 Å². The van der Waals surface area contributed by atoms with Gasteiger partial charge in [0.25, 0.3) is 5.56 Å². The zero-order chi connectivity index (χ0) is 17.6. The monoisotopic (exact) mass is 340 g/mol. The maximum absolute atomic E-state index is 13.4. The van der Waals surface area contributed by atoms with Gasteiger partial charge >= 0.3 is 0 Å². The molecule has 1 aromatic carbocycles. The Bertz CT molecular complexity index is 847. The van der Waals surface area contributed by atoms with E-state index in [4.69, 9.17) is 5.73 Å². The summed E-state index contributed by atoms with van der Waals surface area (Å²) in [6.07, 6.45) is 3.94. The summed E-state index contributed by atoms with van der Waals surface area (Å²) in [6, 6.07) is 6.25. The van der Waals surface area contributed by atoms with Gasteiger partial charge in [-0.25, -0.2) is 9.37 Å². The molecule has 2 N–H and O–H groups in total. The van der Waals surface area contributed by atoms with E-state index in [0.29, 0.717) is 18.9 Å². The molecule has 2 aromatic rings. The van der Waals surface area contributed by atoms with Crippen LogP contribution in [0.1, 0.15) is 42.1 Å². The maximum atomic E-state index is 13.4. The van der Waals surface area contributed by atoms with E-state index < -0.39 is 0 Å². The van der Waals surface area contributed by atoms with Crippen molar-refractivity contribution < 1.29 is 4.39 Å². The van der Waals surface area contributed by atoms with Crippen LogP contribution in [-0.2, 0) is 13.0 Å². The lowest BCUT2D eigenvalue weighted by Gasteiger charge is -2.36. The average molecular weight is 340 g/mol. The van der Waals surface area contributed by atoms with Gasteiger partial charge in [0.15, 0.2) is 7.98 Å². The van der Waals surface area contributed by atoms with Crippen molar-refractivity contribution in [2.24, 2.45) is 5.92 Å². The highest BCUT2D eigenvalue weighted by Gasteiger charge is 2.33. The highest BCUT2D eigenvalue weighted by molar-refractivity contribution is 6.04. The van der Waals surface area contributed by atoms with Gasteiger partial charge in [-0.05, 0) is 49.4 Å². The van der Waals surface area contributed by atoms with Crippen LogP contribution in [0.25, 0.3) is 0 Å². The normalized spacial score (nSPS) is 19.2. The number of nitrogens with zero attached hydrogens (tertiary/aromatic N) is 3. The molecule has 1 unspecified atom stereocenters. The number of hydrogen-bond donors (Lipinski definition) is 1. The molecule has 0 saturated heterocycles. The second-order valence-electron chi connectivity index (χ2n) is 7.25. The first-order chi connectivity index (χ1) is 12.0. The SMILES string of the molecule is BN1CCc2c(nc(N)n(C(c3ccc(F)cc3)C3CCC3)c2=O)C1. The van der Waals surface area contributed by atoms with Crippen molar-refractivity contribution >= 4 is 13.9 Å². The largest absolute Gasteiger partial charge is 0.369 e. The van der Waals surface area contributed by atoms with Crippen LogP contribution in [0.5, 0.6) is 0 Å². The van der Waals surface area contributed by atoms with E-state index in [1.807, 2.05) is 7.98 Å². The minimum Gasteiger partial charge on any atom is -0.369 e. The fraction of sp³-hybridized carbons (Fsp3) is 0.444. The van der Waals surface area contributed by atoms with E-state index in [2.05, 4.69) is 9.79 Å². The van der Waals surface area contributed by atoms with Gasteiger partial charge in [-0.3, -0.25) is 9.36 Å². The Hall–Kier alpha value is -2.15. The zero-order valence-electron chi connectivity index (χ0n) is 14.4. The fourth-order valence-corrected chi connectivity index (χ4v) is 3.97. The molecule has 5 nitrogen and oxygen atoms in total.